The van der Waals surface area contributed by atoms with Crippen LogP contribution in [0.15, 0.2) is 71.1 Å². The molecular weight excluding hydrogens is 401 g/mol. The van der Waals surface area contributed by atoms with Crippen LogP contribution in [-0.2, 0) is 21.4 Å². The summed E-state index contributed by atoms with van der Waals surface area (Å²) < 4.78 is 40.2. The quantitative estimate of drug-likeness (QED) is 0.590. The Morgan fingerprint density at radius 1 is 1.11 bits per heavy atom. The van der Waals surface area contributed by atoms with Gasteiger partial charge in [-0.3, -0.25) is 4.79 Å². The molecule has 1 amide bonds. The highest BCUT2D eigenvalue weighted by Gasteiger charge is 2.29. The van der Waals surface area contributed by atoms with Crippen molar-refractivity contribution in [2.75, 3.05) is 17.9 Å². The van der Waals surface area contributed by atoms with Gasteiger partial charge in [0.1, 0.15) is 12.4 Å². The van der Waals surface area contributed by atoms with Gasteiger partial charge >= 0.3 is 0 Å². The second kappa shape index (κ2) is 8.49. The van der Waals surface area contributed by atoms with E-state index in [2.05, 4.69) is 4.98 Å². The van der Waals surface area contributed by atoms with Crippen molar-refractivity contribution in [2.45, 2.75) is 11.4 Å². The van der Waals surface area contributed by atoms with E-state index in [1.54, 1.807) is 42.8 Å². The summed E-state index contributed by atoms with van der Waals surface area (Å²) in [6.07, 6.45) is 1.49. The summed E-state index contributed by atoms with van der Waals surface area (Å²) >= 11 is 1.14. The third-order valence-electron chi connectivity index (χ3n) is 4.00. The lowest BCUT2D eigenvalue weighted by atomic mass is 10.2. The number of carbonyl (C=O) groups excluding carboxylic acids is 1. The maximum atomic E-state index is 13.1. The number of hydrogen-bond acceptors (Lipinski definition) is 5. The molecule has 1 aromatic heterocycles. The van der Waals surface area contributed by atoms with E-state index >= 15 is 0 Å². The first kappa shape index (κ1) is 20.0. The number of amides is 1. The fraction of sp³-hybridized carbons (Fsp3) is 0.158. The zero-order chi connectivity index (χ0) is 20.1. The molecule has 0 bridgehead atoms. The molecule has 28 heavy (non-hydrogen) atoms. The molecule has 3 aromatic rings. The van der Waals surface area contributed by atoms with Crippen LogP contribution in [0.4, 0.5) is 9.52 Å². The van der Waals surface area contributed by atoms with Crippen LogP contribution in [0.5, 0.6) is 0 Å². The van der Waals surface area contributed by atoms with E-state index in [1.165, 1.54) is 35.4 Å². The second-order valence-corrected chi connectivity index (χ2v) is 8.75. The van der Waals surface area contributed by atoms with Crippen LogP contribution in [-0.4, -0.2) is 37.8 Å². The molecule has 0 radical (unpaired) electrons. The third kappa shape index (κ3) is 4.55. The monoisotopic (exact) mass is 419 g/mol. The Kier molecular flexibility index (Phi) is 6.05. The first-order chi connectivity index (χ1) is 13.4. The van der Waals surface area contributed by atoms with E-state index in [9.17, 15) is 17.6 Å². The molecule has 3 rings (SSSR count). The van der Waals surface area contributed by atoms with Crippen molar-refractivity contribution >= 4 is 32.4 Å². The van der Waals surface area contributed by atoms with Gasteiger partial charge in [0.2, 0.25) is 5.91 Å². The van der Waals surface area contributed by atoms with Crippen molar-refractivity contribution in [3.05, 3.63) is 77.6 Å². The number of likely N-dealkylation sites (N-methyl/N-ethyl adjacent to an activating group) is 1. The Labute approximate surface area is 166 Å². The lowest BCUT2D eigenvalue weighted by Gasteiger charge is -2.24. The average molecular weight is 420 g/mol. The number of sulfonamides is 1. The van der Waals surface area contributed by atoms with Crippen LogP contribution >= 0.6 is 11.3 Å². The Hall–Kier alpha value is -2.78. The van der Waals surface area contributed by atoms with Gasteiger partial charge in [-0.05, 0) is 29.8 Å². The first-order valence-electron chi connectivity index (χ1n) is 8.33. The predicted octanol–water partition coefficient (Wildman–Crippen LogP) is 3.14. The fourth-order valence-electron chi connectivity index (χ4n) is 2.51. The second-order valence-electron chi connectivity index (χ2n) is 6.02. The van der Waals surface area contributed by atoms with Gasteiger partial charge in [0.25, 0.3) is 10.0 Å². The Morgan fingerprint density at radius 3 is 2.39 bits per heavy atom. The van der Waals surface area contributed by atoms with Gasteiger partial charge in [-0.25, -0.2) is 22.1 Å². The molecule has 1 heterocycles. The molecule has 0 aliphatic rings. The number of hydrogen-bond donors (Lipinski definition) is 0. The molecule has 0 unspecified atom stereocenters. The molecular formula is C19H18FN3O3S2. The molecule has 0 N–H and O–H groups in total. The van der Waals surface area contributed by atoms with Gasteiger partial charge in [0.05, 0.1) is 4.90 Å². The number of halogens is 1. The van der Waals surface area contributed by atoms with Gasteiger partial charge in [0.15, 0.2) is 5.13 Å². The summed E-state index contributed by atoms with van der Waals surface area (Å²) in [5, 5.41) is 1.86. The molecule has 2 aromatic carbocycles. The topological polar surface area (TPSA) is 70.6 Å². The predicted molar refractivity (Wildman–Crippen MR) is 106 cm³/mol. The van der Waals surface area contributed by atoms with Crippen molar-refractivity contribution in [2.24, 2.45) is 0 Å². The van der Waals surface area contributed by atoms with Gasteiger partial charge in [-0.15, -0.1) is 11.3 Å². The Morgan fingerprint density at radius 2 is 1.79 bits per heavy atom. The summed E-state index contributed by atoms with van der Waals surface area (Å²) in [5.74, 6) is -0.763. The van der Waals surface area contributed by atoms with Crippen LogP contribution in [0.3, 0.4) is 0 Å². The molecule has 0 spiro atoms. The average Bonchev–Trinajstić information content (AvgIpc) is 3.22. The first-order valence-corrected chi connectivity index (χ1v) is 10.7. The highest BCUT2D eigenvalue weighted by molar-refractivity contribution is 7.93. The van der Waals surface area contributed by atoms with Crippen LogP contribution in [0.1, 0.15) is 5.56 Å². The minimum absolute atomic E-state index is 0.0826. The van der Waals surface area contributed by atoms with Crippen LogP contribution in [0, 0.1) is 5.82 Å². The Balaban J connectivity index is 1.82. The number of thiazole rings is 1. The summed E-state index contributed by atoms with van der Waals surface area (Å²) in [4.78, 5) is 18.3. The van der Waals surface area contributed by atoms with E-state index in [0.717, 1.165) is 21.2 Å². The van der Waals surface area contributed by atoms with E-state index in [1.807, 2.05) is 0 Å². The summed E-state index contributed by atoms with van der Waals surface area (Å²) in [6.45, 7) is -0.154. The maximum Gasteiger partial charge on any atom is 0.266 e. The van der Waals surface area contributed by atoms with Crippen molar-refractivity contribution in [3.63, 3.8) is 0 Å². The molecule has 146 valence electrons. The molecule has 0 aliphatic carbocycles. The van der Waals surface area contributed by atoms with Crippen molar-refractivity contribution < 1.29 is 17.6 Å². The zero-order valence-electron chi connectivity index (χ0n) is 15.0. The number of carbonyl (C=O) groups is 1. The number of anilines is 1. The van der Waals surface area contributed by atoms with Crippen LogP contribution in [0.2, 0.25) is 0 Å². The van der Waals surface area contributed by atoms with E-state index in [-0.39, 0.29) is 28.9 Å². The van der Waals surface area contributed by atoms with Crippen LogP contribution in [0.25, 0.3) is 0 Å². The van der Waals surface area contributed by atoms with E-state index in [0.29, 0.717) is 0 Å². The highest BCUT2D eigenvalue weighted by atomic mass is 32.2. The Bertz CT molecular complexity index is 1020. The minimum atomic E-state index is -3.95. The SMILES string of the molecule is CN(Cc1ccc(F)cc1)C(=O)CN(c1nccs1)S(=O)(=O)c1ccccc1. The summed E-state index contributed by atoms with van der Waals surface area (Å²) in [6, 6.07) is 13.7. The zero-order valence-corrected chi connectivity index (χ0v) is 16.7. The number of aromatic nitrogens is 1. The molecule has 0 fully saturated rings. The van der Waals surface area contributed by atoms with Gasteiger partial charge in [0, 0.05) is 25.2 Å². The standard InChI is InChI=1S/C19H18FN3O3S2/c1-22(13-15-7-9-16(20)10-8-15)18(24)14-23(19-21-11-12-27-19)28(25,26)17-5-3-2-4-6-17/h2-12H,13-14H2,1H3. The molecule has 0 saturated carbocycles. The number of nitrogens with zero attached hydrogens (tertiary/aromatic N) is 3. The van der Waals surface area contributed by atoms with E-state index in [4.69, 9.17) is 0 Å². The molecule has 0 aliphatic heterocycles. The smallest absolute Gasteiger partial charge is 0.266 e. The number of rotatable bonds is 7. The summed E-state index contributed by atoms with van der Waals surface area (Å²) in [7, 11) is -2.38. The maximum absolute atomic E-state index is 13.1. The van der Waals surface area contributed by atoms with Gasteiger partial charge in [-0.1, -0.05) is 30.3 Å². The normalized spacial score (nSPS) is 11.2. The largest absolute Gasteiger partial charge is 0.340 e. The minimum Gasteiger partial charge on any atom is -0.340 e. The lowest BCUT2D eigenvalue weighted by Crippen LogP contribution is -2.41. The number of benzene rings is 2. The molecule has 0 atom stereocenters. The molecule has 0 saturated heterocycles. The van der Waals surface area contributed by atoms with Crippen molar-refractivity contribution in [1.82, 2.24) is 9.88 Å². The lowest BCUT2D eigenvalue weighted by molar-refractivity contribution is -0.128. The van der Waals surface area contributed by atoms with Gasteiger partial charge < -0.3 is 4.90 Å². The molecule has 6 nitrogen and oxygen atoms in total. The third-order valence-corrected chi connectivity index (χ3v) is 6.66. The molecule has 9 heteroatoms. The van der Waals surface area contributed by atoms with Gasteiger partial charge in [-0.2, -0.15) is 0 Å². The van der Waals surface area contributed by atoms with Crippen molar-refractivity contribution in [3.8, 4) is 0 Å². The highest BCUT2D eigenvalue weighted by Crippen LogP contribution is 2.25. The van der Waals surface area contributed by atoms with Crippen LogP contribution < -0.4 is 4.31 Å². The van der Waals surface area contributed by atoms with Crippen molar-refractivity contribution in [1.29, 1.82) is 0 Å². The summed E-state index contributed by atoms with van der Waals surface area (Å²) in [5.41, 5.74) is 0.740. The fourth-order valence-corrected chi connectivity index (χ4v) is 4.77. The van der Waals surface area contributed by atoms with E-state index < -0.39 is 15.9 Å².